The van der Waals surface area contributed by atoms with Gasteiger partial charge in [-0.05, 0) is 50.2 Å². The summed E-state index contributed by atoms with van der Waals surface area (Å²) in [5.41, 5.74) is 2.27. The fourth-order valence-corrected chi connectivity index (χ4v) is 4.72. The quantitative estimate of drug-likeness (QED) is 0.641. The summed E-state index contributed by atoms with van der Waals surface area (Å²) in [6.45, 7) is 0.839. The van der Waals surface area contributed by atoms with Crippen molar-refractivity contribution in [3.05, 3.63) is 48.6 Å². The minimum atomic E-state index is 0.498. The number of benzene rings is 1. The van der Waals surface area contributed by atoms with Gasteiger partial charge in [0.1, 0.15) is 5.75 Å². The van der Waals surface area contributed by atoms with Crippen LogP contribution in [0.1, 0.15) is 51.4 Å². The summed E-state index contributed by atoms with van der Waals surface area (Å²) in [7, 11) is 0. The predicted octanol–water partition coefficient (Wildman–Crippen LogP) is 5.18. The van der Waals surface area contributed by atoms with Gasteiger partial charge in [0.05, 0.1) is 37.0 Å². The summed E-state index contributed by atoms with van der Waals surface area (Å²) in [6.07, 6.45) is 20.3. The smallest absolute Gasteiger partial charge is 0.225 e. The Kier molecular flexibility index (Phi) is 4.77. The zero-order chi connectivity index (χ0) is 18.8. The van der Waals surface area contributed by atoms with Gasteiger partial charge >= 0.3 is 0 Å². The number of hydrogen-bond acceptors (Lipinski definition) is 4. The van der Waals surface area contributed by atoms with Crippen LogP contribution in [0.2, 0.25) is 0 Å². The van der Waals surface area contributed by atoms with Crippen molar-refractivity contribution >= 4 is 18.2 Å². The van der Waals surface area contributed by atoms with E-state index in [0.29, 0.717) is 16.6 Å². The van der Waals surface area contributed by atoms with Gasteiger partial charge in [0.15, 0.2) is 6.20 Å². The van der Waals surface area contributed by atoms with E-state index in [1.54, 1.807) is 0 Å². The molecule has 0 radical (unpaired) electrons. The van der Waals surface area contributed by atoms with Gasteiger partial charge in [-0.1, -0.05) is 25.3 Å². The van der Waals surface area contributed by atoms with Gasteiger partial charge in [0, 0.05) is 6.07 Å². The van der Waals surface area contributed by atoms with Crippen LogP contribution in [-0.4, -0.2) is 29.8 Å². The third-order valence-electron chi connectivity index (χ3n) is 6.52. The average molecular weight is 378 g/mol. The van der Waals surface area contributed by atoms with E-state index in [2.05, 4.69) is 45.5 Å². The maximum atomic E-state index is 6.24. The first kappa shape index (κ1) is 17.7. The molecule has 0 saturated heterocycles. The zero-order valence-corrected chi connectivity index (χ0v) is 16.4. The lowest BCUT2D eigenvalue weighted by Crippen LogP contribution is -2.61. The Bertz CT molecular complexity index is 833. The van der Waals surface area contributed by atoms with Crippen molar-refractivity contribution in [2.75, 3.05) is 11.6 Å². The van der Waals surface area contributed by atoms with E-state index in [0.717, 1.165) is 18.1 Å². The van der Waals surface area contributed by atoms with E-state index < -0.39 is 0 Å². The second-order valence-corrected chi connectivity index (χ2v) is 8.37. The number of allylic oxidation sites excluding steroid dienone is 1. The SMILES string of the molecule is C1=C[N+]2(N(c3cccc(OCC4CCCCC4)c3)C3CCC3)C=NC=C2C=N1. The summed E-state index contributed by atoms with van der Waals surface area (Å²) in [5, 5.41) is 2.47. The average Bonchev–Trinajstić information content (AvgIpc) is 3.15. The summed E-state index contributed by atoms with van der Waals surface area (Å²) < 4.78 is 6.74. The number of fused-ring (bicyclic) bond motifs is 1. The number of hydrogen-bond donors (Lipinski definition) is 0. The molecule has 5 nitrogen and oxygen atoms in total. The third-order valence-corrected chi connectivity index (χ3v) is 6.52. The maximum absolute atomic E-state index is 6.24. The molecule has 5 heteroatoms. The van der Waals surface area contributed by atoms with Crippen LogP contribution in [0.4, 0.5) is 5.69 Å². The molecule has 1 aromatic rings. The lowest BCUT2D eigenvalue weighted by molar-refractivity contribution is -0.746. The van der Waals surface area contributed by atoms with Gasteiger partial charge in [-0.2, -0.15) is 0 Å². The Morgan fingerprint density at radius 1 is 1.04 bits per heavy atom. The third kappa shape index (κ3) is 3.18. The number of anilines is 1. The number of quaternary nitrogens is 1. The summed E-state index contributed by atoms with van der Waals surface area (Å²) in [5.74, 6) is 1.69. The van der Waals surface area contributed by atoms with Crippen LogP contribution in [0.25, 0.3) is 0 Å². The molecular weight excluding hydrogens is 348 g/mol. The fourth-order valence-electron chi connectivity index (χ4n) is 4.72. The molecule has 1 atom stereocenters. The summed E-state index contributed by atoms with van der Waals surface area (Å²) in [6, 6.07) is 9.11. The molecule has 28 heavy (non-hydrogen) atoms. The monoisotopic (exact) mass is 377 g/mol. The molecule has 0 N–H and O–H groups in total. The van der Waals surface area contributed by atoms with E-state index in [4.69, 9.17) is 4.74 Å². The number of ether oxygens (including phenoxy) is 1. The molecule has 1 unspecified atom stereocenters. The van der Waals surface area contributed by atoms with Crippen LogP contribution in [0, 0.1) is 5.92 Å². The number of rotatable bonds is 6. The Labute approximate surface area is 167 Å². The molecule has 0 spiro atoms. The molecule has 0 amide bonds. The van der Waals surface area contributed by atoms with Crippen LogP contribution >= 0.6 is 0 Å². The highest BCUT2D eigenvalue weighted by atomic mass is 16.5. The first-order valence-electron chi connectivity index (χ1n) is 10.7. The van der Waals surface area contributed by atoms with Crippen molar-refractivity contribution in [2.45, 2.75) is 57.4 Å². The van der Waals surface area contributed by atoms with Crippen LogP contribution in [0.5, 0.6) is 5.75 Å². The molecule has 2 saturated carbocycles. The van der Waals surface area contributed by atoms with E-state index in [9.17, 15) is 0 Å². The standard InChI is InChI=1S/C23H29N4O/c1-2-6-19(7-3-1)17-28-23-11-5-10-21(14-23)26(20-8-4-9-20)27-13-12-24-15-22(27)16-25-18-27/h5,10-16,18-20H,1-4,6-9,17H2/q+1. The molecule has 2 aliphatic heterocycles. The minimum Gasteiger partial charge on any atom is -0.493 e. The summed E-state index contributed by atoms with van der Waals surface area (Å²) >= 11 is 0. The molecule has 4 aliphatic rings. The van der Waals surface area contributed by atoms with Crippen molar-refractivity contribution in [3.8, 4) is 5.75 Å². The lowest BCUT2D eigenvalue weighted by atomic mass is 9.90. The highest BCUT2D eigenvalue weighted by Crippen LogP contribution is 2.40. The van der Waals surface area contributed by atoms with Crippen molar-refractivity contribution in [3.63, 3.8) is 0 Å². The topological polar surface area (TPSA) is 37.2 Å². The first-order chi connectivity index (χ1) is 13.9. The molecule has 0 bridgehead atoms. The van der Waals surface area contributed by atoms with E-state index in [1.165, 1.54) is 57.1 Å². The van der Waals surface area contributed by atoms with E-state index >= 15 is 0 Å². The zero-order valence-electron chi connectivity index (χ0n) is 16.4. The molecule has 0 aromatic heterocycles. The van der Waals surface area contributed by atoms with Gasteiger partial charge in [-0.25, -0.2) is 10.0 Å². The van der Waals surface area contributed by atoms with Crippen LogP contribution in [0.3, 0.4) is 0 Å². The highest BCUT2D eigenvalue weighted by Gasteiger charge is 2.46. The van der Waals surface area contributed by atoms with Crippen LogP contribution < -0.4 is 9.75 Å². The normalized spacial score (nSPS) is 26.6. The van der Waals surface area contributed by atoms with Gasteiger partial charge < -0.3 is 4.74 Å². The Balaban J connectivity index is 1.41. The molecule has 5 rings (SSSR count). The van der Waals surface area contributed by atoms with Gasteiger partial charge in [-0.15, -0.1) is 4.59 Å². The molecular formula is C23H29N4O+. The van der Waals surface area contributed by atoms with Gasteiger partial charge in [0.25, 0.3) is 0 Å². The maximum Gasteiger partial charge on any atom is 0.225 e. The Morgan fingerprint density at radius 2 is 1.93 bits per heavy atom. The second-order valence-electron chi connectivity index (χ2n) is 8.37. The number of aliphatic imine (C=N–C) groups is 2. The Morgan fingerprint density at radius 3 is 2.75 bits per heavy atom. The van der Waals surface area contributed by atoms with Crippen LogP contribution in [0.15, 0.2) is 58.5 Å². The van der Waals surface area contributed by atoms with Crippen molar-refractivity contribution in [2.24, 2.45) is 15.9 Å². The first-order valence-corrected chi connectivity index (χ1v) is 10.7. The van der Waals surface area contributed by atoms with Crippen LogP contribution in [-0.2, 0) is 0 Å². The Hall–Kier alpha value is -2.40. The molecule has 1 aromatic carbocycles. The molecule has 146 valence electrons. The van der Waals surface area contributed by atoms with E-state index in [-0.39, 0.29) is 0 Å². The predicted molar refractivity (Wildman–Crippen MR) is 113 cm³/mol. The van der Waals surface area contributed by atoms with Crippen molar-refractivity contribution in [1.29, 1.82) is 0 Å². The fraction of sp³-hybridized carbons (Fsp3) is 0.478. The molecule has 2 heterocycles. The van der Waals surface area contributed by atoms with E-state index in [1.807, 2.05) is 25.0 Å². The second kappa shape index (κ2) is 7.55. The van der Waals surface area contributed by atoms with Gasteiger partial charge in [-0.3, -0.25) is 4.99 Å². The van der Waals surface area contributed by atoms with Crippen molar-refractivity contribution in [1.82, 2.24) is 0 Å². The molecule has 2 aliphatic carbocycles. The minimum absolute atomic E-state index is 0.498. The summed E-state index contributed by atoms with van der Waals surface area (Å²) in [4.78, 5) is 8.80. The van der Waals surface area contributed by atoms with Gasteiger partial charge in [0.2, 0.25) is 12.0 Å². The molecule has 2 fully saturated rings. The van der Waals surface area contributed by atoms with Crippen molar-refractivity contribution < 1.29 is 9.33 Å². The lowest BCUT2D eigenvalue weighted by Gasteiger charge is -2.46. The largest absolute Gasteiger partial charge is 0.493 e. The highest BCUT2D eigenvalue weighted by molar-refractivity contribution is 5.82. The number of nitrogens with zero attached hydrogens (tertiary/aromatic N) is 4.